The minimum absolute atomic E-state index is 0.0884. The summed E-state index contributed by atoms with van der Waals surface area (Å²) in [5.41, 5.74) is -1.04. The van der Waals surface area contributed by atoms with Crippen LogP contribution in [-0.4, -0.2) is 5.91 Å². The molecule has 25 heavy (non-hydrogen) atoms. The fourth-order valence-electron chi connectivity index (χ4n) is 2.97. The van der Waals surface area contributed by atoms with Crippen molar-refractivity contribution in [3.8, 4) is 6.07 Å². The maximum absolute atomic E-state index is 13.2. The van der Waals surface area contributed by atoms with Gasteiger partial charge in [-0.15, -0.1) is 0 Å². The van der Waals surface area contributed by atoms with Gasteiger partial charge in [0, 0.05) is 10.2 Å². The van der Waals surface area contributed by atoms with E-state index in [0.717, 1.165) is 22.2 Å². The van der Waals surface area contributed by atoms with Gasteiger partial charge in [-0.3, -0.25) is 9.69 Å². The molecule has 3 rings (SSSR count). The first-order chi connectivity index (χ1) is 11.6. The van der Waals surface area contributed by atoms with Gasteiger partial charge in [0.25, 0.3) is 0 Å². The van der Waals surface area contributed by atoms with Gasteiger partial charge in [0.15, 0.2) is 0 Å². The summed E-state index contributed by atoms with van der Waals surface area (Å²) in [6.07, 6.45) is -4.68. The predicted octanol–water partition coefficient (Wildman–Crippen LogP) is 5.30. The number of benzene rings is 2. The fourth-order valence-corrected chi connectivity index (χ4v) is 3.33. The largest absolute Gasteiger partial charge is 0.417 e. The first kappa shape index (κ1) is 17.5. The van der Waals surface area contributed by atoms with Gasteiger partial charge in [-0.25, -0.2) is 0 Å². The third-order valence-corrected chi connectivity index (χ3v) is 4.79. The van der Waals surface area contributed by atoms with Crippen LogP contribution in [0.3, 0.4) is 0 Å². The predicted molar refractivity (Wildman–Crippen MR) is 90.5 cm³/mol. The van der Waals surface area contributed by atoms with Gasteiger partial charge in [-0.05, 0) is 55.8 Å². The minimum Gasteiger partial charge on any atom is -0.280 e. The van der Waals surface area contributed by atoms with Crippen molar-refractivity contribution in [1.82, 2.24) is 0 Å². The highest BCUT2D eigenvalue weighted by molar-refractivity contribution is 9.10. The van der Waals surface area contributed by atoms with Crippen LogP contribution < -0.4 is 4.90 Å². The Bertz CT molecular complexity index is 929. The Morgan fingerprint density at radius 3 is 2.44 bits per heavy atom. The number of alkyl halides is 3. The fraction of sp³-hybridized carbons (Fsp3) is 0.222. The molecule has 2 aromatic carbocycles. The van der Waals surface area contributed by atoms with Crippen LogP contribution in [0.1, 0.15) is 30.5 Å². The van der Waals surface area contributed by atoms with Crippen molar-refractivity contribution in [1.29, 1.82) is 5.26 Å². The molecule has 0 atom stereocenters. The van der Waals surface area contributed by atoms with Gasteiger partial charge in [-0.2, -0.15) is 18.4 Å². The molecule has 0 aromatic heterocycles. The Kier molecular flexibility index (Phi) is 3.92. The normalized spacial score (nSPS) is 15.9. The molecule has 1 heterocycles. The standard InChI is InChI=1S/C18H12BrF3N2O/c1-17(2)14-7-11(19)4-6-15(14)24(16(17)25)12-5-3-10(9-23)13(8-12)18(20,21)22/h3-8H,1-2H3. The van der Waals surface area contributed by atoms with Crippen LogP contribution in [0.25, 0.3) is 0 Å². The van der Waals surface area contributed by atoms with Crippen molar-refractivity contribution in [2.45, 2.75) is 25.4 Å². The highest BCUT2D eigenvalue weighted by atomic mass is 79.9. The summed E-state index contributed by atoms with van der Waals surface area (Å²) in [6.45, 7) is 3.46. The van der Waals surface area contributed by atoms with E-state index in [-0.39, 0.29) is 11.6 Å². The van der Waals surface area contributed by atoms with Gasteiger partial charge in [0.2, 0.25) is 5.91 Å². The van der Waals surface area contributed by atoms with E-state index in [1.54, 1.807) is 38.1 Å². The van der Waals surface area contributed by atoms with Crippen molar-refractivity contribution >= 4 is 33.2 Å². The lowest BCUT2D eigenvalue weighted by Gasteiger charge is -2.22. The summed E-state index contributed by atoms with van der Waals surface area (Å²) >= 11 is 3.35. The molecule has 1 aliphatic rings. The Labute approximate surface area is 150 Å². The van der Waals surface area contributed by atoms with E-state index in [1.165, 1.54) is 11.0 Å². The van der Waals surface area contributed by atoms with Gasteiger partial charge in [-0.1, -0.05) is 15.9 Å². The topological polar surface area (TPSA) is 44.1 Å². The molecule has 1 amide bonds. The zero-order valence-corrected chi connectivity index (χ0v) is 14.9. The first-order valence-corrected chi connectivity index (χ1v) is 8.12. The first-order valence-electron chi connectivity index (χ1n) is 7.33. The maximum Gasteiger partial charge on any atom is 0.417 e. The van der Waals surface area contributed by atoms with Crippen molar-refractivity contribution < 1.29 is 18.0 Å². The molecular formula is C18H12BrF3N2O. The van der Waals surface area contributed by atoms with Crippen LogP contribution in [0.5, 0.6) is 0 Å². The van der Waals surface area contributed by atoms with E-state index >= 15 is 0 Å². The van der Waals surface area contributed by atoms with E-state index in [0.29, 0.717) is 5.69 Å². The highest BCUT2D eigenvalue weighted by Gasteiger charge is 2.45. The molecule has 2 aromatic rings. The second-order valence-corrected chi connectivity index (χ2v) is 7.18. The third kappa shape index (κ3) is 2.71. The van der Waals surface area contributed by atoms with Crippen molar-refractivity contribution in [3.05, 3.63) is 57.6 Å². The average molecular weight is 409 g/mol. The van der Waals surface area contributed by atoms with E-state index in [9.17, 15) is 18.0 Å². The summed E-state index contributed by atoms with van der Waals surface area (Å²) in [5, 5.41) is 8.93. The smallest absolute Gasteiger partial charge is 0.280 e. The molecule has 3 nitrogen and oxygen atoms in total. The SMILES string of the molecule is CC1(C)C(=O)N(c2ccc(C#N)c(C(F)(F)F)c2)c2ccc(Br)cc21. The van der Waals surface area contributed by atoms with Gasteiger partial charge in [0.05, 0.1) is 28.3 Å². The van der Waals surface area contributed by atoms with E-state index < -0.39 is 22.7 Å². The lowest BCUT2D eigenvalue weighted by molar-refractivity contribution is -0.137. The summed E-state index contributed by atoms with van der Waals surface area (Å²) in [6, 6.07) is 10.1. The molecule has 0 spiro atoms. The molecular weight excluding hydrogens is 397 g/mol. The second-order valence-electron chi connectivity index (χ2n) is 6.27. The van der Waals surface area contributed by atoms with Gasteiger partial charge >= 0.3 is 6.18 Å². The number of rotatable bonds is 1. The Morgan fingerprint density at radius 1 is 1.16 bits per heavy atom. The zero-order valence-electron chi connectivity index (χ0n) is 13.3. The molecule has 0 bridgehead atoms. The number of nitriles is 1. The Balaban J connectivity index is 2.22. The lowest BCUT2D eigenvalue weighted by atomic mass is 9.86. The number of nitrogens with zero attached hydrogens (tertiary/aromatic N) is 2. The van der Waals surface area contributed by atoms with Crippen LogP contribution in [0.2, 0.25) is 0 Å². The van der Waals surface area contributed by atoms with Crippen LogP contribution in [0, 0.1) is 11.3 Å². The van der Waals surface area contributed by atoms with E-state index in [2.05, 4.69) is 15.9 Å². The molecule has 128 valence electrons. The average Bonchev–Trinajstić information content (AvgIpc) is 2.73. The molecule has 1 aliphatic heterocycles. The number of anilines is 2. The summed E-state index contributed by atoms with van der Waals surface area (Å²) in [5.74, 6) is -0.321. The van der Waals surface area contributed by atoms with Crippen molar-refractivity contribution in [2.75, 3.05) is 4.90 Å². The van der Waals surface area contributed by atoms with Gasteiger partial charge < -0.3 is 0 Å². The van der Waals surface area contributed by atoms with E-state index in [4.69, 9.17) is 5.26 Å². The van der Waals surface area contributed by atoms with Gasteiger partial charge in [0.1, 0.15) is 0 Å². The number of carbonyl (C=O) groups excluding carboxylic acids is 1. The van der Waals surface area contributed by atoms with Crippen LogP contribution in [-0.2, 0) is 16.4 Å². The molecule has 0 unspecified atom stereocenters. The molecule has 0 radical (unpaired) electrons. The van der Waals surface area contributed by atoms with E-state index in [1.807, 2.05) is 0 Å². The number of carbonyl (C=O) groups is 1. The number of hydrogen-bond donors (Lipinski definition) is 0. The monoisotopic (exact) mass is 408 g/mol. The molecule has 0 saturated heterocycles. The Morgan fingerprint density at radius 2 is 1.84 bits per heavy atom. The maximum atomic E-state index is 13.2. The van der Waals surface area contributed by atoms with Crippen molar-refractivity contribution in [2.24, 2.45) is 0 Å². The number of hydrogen-bond acceptors (Lipinski definition) is 2. The van der Waals surface area contributed by atoms with Crippen LogP contribution in [0.15, 0.2) is 40.9 Å². The molecule has 0 saturated carbocycles. The molecule has 0 fully saturated rings. The quantitative estimate of drug-likeness (QED) is 0.642. The van der Waals surface area contributed by atoms with Crippen molar-refractivity contribution in [3.63, 3.8) is 0 Å². The molecule has 0 aliphatic carbocycles. The molecule has 0 N–H and O–H groups in total. The molecule has 7 heteroatoms. The Hall–Kier alpha value is -2.33. The second kappa shape index (κ2) is 5.60. The third-order valence-electron chi connectivity index (χ3n) is 4.30. The number of halogens is 4. The number of fused-ring (bicyclic) bond motifs is 1. The number of amides is 1. The zero-order chi connectivity index (χ0) is 18.6. The summed E-state index contributed by atoms with van der Waals surface area (Å²) in [4.78, 5) is 14.2. The summed E-state index contributed by atoms with van der Waals surface area (Å²) < 4.78 is 40.5. The lowest BCUT2D eigenvalue weighted by Crippen LogP contribution is -2.33. The highest BCUT2D eigenvalue weighted by Crippen LogP contribution is 2.47. The summed E-state index contributed by atoms with van der Waals surface area (Å²) in [7, 11) is 0. The van der Waals surface area contributed by atoms with Crippen LogP contribution >= 0.6 is 15.9 Å². The minimum atomic E-state index is -4.68. The van der Waals surface area contributed by atoms with Crippen LogP contribution in [0.4, 0.5) is 24.5 Å².